The lowest BCUT2D eigenvalue weighted by Crippen LogP contribution is -2.12. The van der Waals surface area contributed by atoms with Crippen LogP contribution in [0, 0.1) is 17.2 Å². The molecule has 0 bridgehead atoms. The number of amides is 1. The fourth-order valence-corrected chi connectivity index (χ4v) is 0.301. The number of rotatable bonds is 2. The molecular weight excluding hydrogens is 104 g/mol. The molecule has 1 radical (unpaired) electrons. The average molecular weight is 111 g/mol. The molecule has 3 heteroatoms. The molecule has 0 rings (SSSR count). The van der Waals surface area contributed by atoms with Crippen molar-refractivity contribution in [1.29, 1.82) is 5.26 Å². The average Bonchev–Trinajstić information content (AvgIpc) is 1.65. The molecule has 0 aliphatic rings. The molecule has 0 aliphatic carbocycles. The van der Waals surface area contributed by atoms with Gasteiger partial charge in [-0.25, -0.2) is 0 Å². The number of carbonyl (C=O) groups excluding carboxylic acids is 1. The Bertz CT molecular complexity index is 125. The van der Waals surface area contributed by atoms with Crippen molar-refractivity contribution in [2.75, 3.05) is 0 Å². The van der Waals surface area contributed by atoms with E-state index in [9.17, 15) is 4.79 Å². The summed E-state index contributed by atoms with van der Waals surface area (Å²) in [6.07, 6.45) is 0.0799. The third kappa shape index (κ3) is 3.16. The van der Waals surface area contributed by atoms with Crippen molar-refractivity contribution in [3.63, 3.8) is 0 Å². The Hall–Kier alpha value is -1.04. The van der Waals surface area contributed by atoms with E-state index in [-0.39, 0.29) is 6.42 Å². The molecule has 0 unspecified atom stereocenters. The minimum Gasteiger partial charge on any atom is -0.370 e. The zero-order valence-electron chi connectivity index (χ0n) is 4.64. The largest absolute Gasteiger partial charge is 0.370 e. The number of hydrogen-bond acceptors (Lipinski definition) is 2. The van der Waals surface area contributed by atoms with Gasteiger partial charge >= 0.3 is 0 Å². The first-order valence-electron chi connectivity index (χ1n) is 2.17. The van der Waals surface area contributed by atoms with Gasteiger partial charge in [0, 0.05) is 6.42 Å². The summed E-state index contributed by atoms with van der Waals surface area (Å²) in [5.41, 5.74) is 4.76. The van der Waals surface area contributed by atoms with Crippen LogP contribution in [0.2, 0.25) is 0 Å². The molecule has 0 saturated carbocycles. The molecule has 0 saturated heterocycles. The first-order valence-corrected chi connectivity index (χ1v) is 2.17. The van der Waals surface area contributed by atoms with E-state index in [2.05, 4.69) is 0 Å². The second-order valence-corrected chi connectivity index (χ2v) is 1.54. The third-order valence-electron chi connectivity index (χ3n) is 0.630. The SMILES string of the molecule is C[C](C#N)CC(N)=O. The third-order valence-corrected chi connectivity index (χ3v) is 0.630. The highest BCUT2D eigenvalue weighted by molar-refractivity contribution is 5.76. The van der Waals surface area contributed by atoms with Gasteiger partial charge < -0.3 is 5.73 Å². The summed E-state index contributed by atoms with van der Waals surface area (Å²) in [7, 11) is 0. The van der Waals surface area contributed by atoms with Gasteiger partial charge in [0.25, 0.3) is 0 Å². The molecule has 0 aromatic carbocycles. The number of carbonyl (C=O) groups is 1. The smallest absolute Gasteiger partial charge is 0.219 e. The van der Waals surface area contributed by atoms with Crippen LogP contribution in [0.1, 0.15) is 13.3 Å². The van der Waals surface area contributed by atoms with Crippen LogP contribution < -0.4 is 5.73 Å². The van der Waals surface area contributed by atoms with Crippen LogP contribution in [0.15, 0.2) is 0 Å². The van der Waals surface area contributed by atoms with E-state index < -0.39 is 5.91 Å². The lowest BCUT2D eigenvalue weighted by Gasteiger charge is -1.91. The van der Waals surface area contributed by atoms with E-state index in [1.54, 1.807) is 6.92 Å². The predicted molar refractivity (Wildman–Crippen MR) is 28.3 cm³/mol. The van der Waals surface area contributed by atoms with E-state index >= 15 is 0 Å². The normalized spacial score (nSPS) is 8.62. The Morgan fingerprint density at radius 3 is 2.50 bits per heavy atom. The lowest BCUT2D eigenvalue weighted by molar-refractivity contribution is -0.117. The van der Waals surface area contributed by atoms with Gasteiger partial charge in [0.15, 0.2) is 0 Å². The zero-order valence-corrected chi connectivity index (χ0v) is 4.64. The van der Waals surface area contributed by atoms with Crippen LogP contribution in [0.25, 0.3) is 0 Å². The molecule has 3 nitrogen and oxygen atoms in total. The molecule has 0 fully saturated rings. The molecule has 8 heavy (non-hydrogen) atoms. The van der Waals surface area contributed by atoms with Crippen LogP contribution in [0.5, 0.6) is 0 Å². The summed E-state index contributed by atoms with van der Waals surface area (Å²) in [5.74, 6) is 0.00144. The van der Waals surface area contributed by atoms with Gasteiger partial charge in [0.1, 0.15) is 0 Å². The topological polar surface area (TPSA) is 66.9 Å². The summed E-state index contributed by atoms with van der Waals surface area (Å²) < 4.78 is 0. The van der Waals surface area contributed by atoms with Gasteiger partial charge in [-0.3, -0.25) is 4.79 Å². The molecule has 0 heterocycles. The van der Waals surface area contributed by atoms with Crippen LogP contribution in [-0.4, -0.2) is 5.91 Å². The Morgan fingerprint density at radius 2 is 2.38 bits per heavy atom. The molecule has 0 spiro atoms. The van der Waals surface area contributed by atoms with Gasteiger partial charge in [0.05, 0.1) is 12.0 Å². The molecule has 0 aliphatic heterocycles. The second-order valence-electron chi connectivity index (χ2n) is 1.54. The lowest BCUT2D eigenvalue weighted by atomic mass is 10.1. The van der Waals surface area contributed by atoms with Crippen LogP contribution in [-0.2, 0) is 4.79 Å². The first kappa shape index (κ1) is 6.96. The highest BCUT2D eigenvalue weighted by Gasteiger charge is 2.02. The van der Waals surface area contributed by atoms with Gasteiger partial charge in [-0.05, 0) is 6.92 Å². The molecule has 0 atom stereocenters. The van der Waals surface area contributed by atoms with Gasteiger partial charge in [-0.2, -0.15) is 5.26 Å². The van der Waals surface area contributed by atoms with Crippen molar-refractivity contribution in [2.24, 2.45) is 5.73 Å². The molecule has 0 aromatic heterocycles. The van der Waals surface area contributed by atoms with E-state index in [4.69, 9.17) is 11.0 Å². The quantitative estimate of drug-likeness (QED) is 0.544. The van der Waals surface area contributed by atoms with Crippen LogP contribution in [0.3, 0.4) is 0 Å². The summed E-state index contributed by atoms with van der Waals surface area (Å²) >= 11 is 0. The Balaban J connectivity index is 3.43. The maximum Gasteiger partial charge on any atom is 0.219 e. The van der Waals surface area contributed by atoms with Crippen LogP contribution in [0.4, 0.5) is 0 Å². The highest BCUT2D eigenvalue weighted by atomic mass is 16.1. The second kappa shape index (κ2) is 3.03. The Kier molecular flexibility index (Phi) is 2.63. The summed E-state index contributed by atoms with van der Waals surface area (Å²) in [4.78, 5) is 10.0. The van der Waals surface area contributed by atoms with Crippen molar-refractivity contribution < 1.29 is 4.79 Å². The number of nitrogens with two attached hydrogens (primary N) is 1. The molecule has 0 aromatic rings. The number of nitrogens with zero attached hydrogens (tertiary/aromatic N) is 1. The number of primary amides is 1. The van der Waals surface area contributed by atoms with E-state index in [1.165, 1.54) is 0 Å². The predicted octanol–water partition coefficient (Wildman–Crippen LogP) is -0.0202. The van der Waals surface area contributed by atoms with Gasteiger partial charge in [-0.1, -0.05) is 0 Å². The highest BCUT2D eigenvalue weighted by Crippen LogP contribution is 1.98. The van der Waals surface area contributed by atoms with E-state index in [0.717, 1.165) is 0 Å². The first-order chi connectivity index (χ1) is 3.66. The summed E-state index contributed by atoms with van der Waals surface area (Å²) in [6, 6.07) is 1.81. The Labute approximate surface area is 48.1 Å². The van der Waals surface area contributed by atoms with Crippen molar-refractivity contribution in [3.05, 3.63) is 5.92 Å². The molecule has 43 valence electrons. The van der Waals surface area contributed by atoms with Crippen molar-refractivity contribution in [2.45, 2.75) is 13.3 Å². The maximum absolute atomic E-state index is 10.0. The van der Waals surface area contributed by atoms with Gasteiger partial charge in [0.2, 0.25) is 5.91 Å². The minimum absolute atomic E-state index is 0.0799. The molecular formula is C5H7N2O. The Morgan fingerprint density at radius 1 is 1.88 bits per heavy atom. The van der Waals surface area contributed by atoms with Crippen LogP contribution >= 0.6 is 0 Å². The van der Waals surface area contributed by atoms with Crippen molar-refractivity contribution in [1.82, 2.24) is 0 Å². The fraction of sp³-hybridized carbons (Fsp3) is 0.400. The van der Waals surface area contributed by atoms with Gasteiger partial charge in [-0.15, -0.1) is 0 Å². The number of nitriles is 1. The van der Waals surface area contributed by atoms with E-state index in [0.29, 0.717) is 5.92 Å². The zero-order chi connectivity index (χ0) is 6.57. The van der Waals surface area contributed by atoms with Crippen molar-refractivity contribution >= 4 is 5.91 Å². The monoisotopic (exact) mass is 111 g/mol. The standard InChI is InChI=1S/C5H7N2O/c1-4(3-6)2-5(7)8/h2H2,1H3,(H2,7,8). The molecule has 1 amide bonds. The number of hydrogen-bond donors (Lipinski definition) is 1. The minimum atomic E-state index is -0.455. The summed E-state index contributed by atoms with van der Waals surface area (Å²) in [5, 5.41) is 8.09. The van der Waals surface area contributed by atoms with Crippen molar-refractivity contribution in [3.8, 4) is 6.07 Å². The molecule has 2 N–H and O–H groups in total. The maximum atomic E-state index is 10.0. The fourth-order valence-electron chi connectivity index (χ4n) is 0.301. The summed E-state index contributed by atoms with van der Waals surface area (Å²) in [6.45, 7) is 1.57. The van der Waals surface area contributed by atoms with E-state index in [1.807, 2.05) is 6.07 Å².